The number of aryl methyl sites for hydroxylation is 1. The molecule has 26 heavy (non-hydrogen) atoms. The molecule has 1 saturated heterocycles. The quantitative estimate of drug-likeness (QED) is 0.670. The van der Waals surface area contributed by atoms with Gasteiger partial charge in [0.15, 0.2) is 0 Å². The van der Waals surface area contributed by atoms with Crippen molar-refractivity contribution in [2.75, 3.05) is 13.1 Å². The van der Waals surface area contributed by atoms with E-state index in [4.69, 9.17) is 4.52 Å². The number of thiophene rings is 1. The lowest BCUT2D eigenvalue weighted by atomic mass is 10.0. The lowest BCUT2D eigenvalue weighted by Crippen LogP contribution is -2.47. The topological polar surface area (TPSA) is 76.3 Å². The van der Waals surface area contributed by atoms with E-state index in [-0.39, 0.29) is 5.92 Å². The Morgan fingerprint density at radius 1 is 1.23 bits per heavy atom. The summed E-state index contributed by atoms with van der Waals surface area (Å²) in [5.41, 5.74) is 1.99. The molecule has 4 rings (SSSR count). The van der Waals surface area contributed by atoms with Gasteiger partial charge in [-0.3, -0.25) is 0 Å². The SMILES string of the molecule is Cc1ccc(C=CS(=O)(=O)N2CC(c3nc(-c4cccs4)no3)C2)cc1. The fraction of sp³-hybridized carbons (Fsp3) is 0.222. The van der Waals surface area contributed by atoms with Crippen molar-refractivity contribution in [2.45, 2.75) is 12.8 Å². The number of rotatable bonds is 5. The summed E-state index contributed by atoms with van der Waals surface area (Å²) in [5.74, 6) is 0.983. The van der Waals surface area contributed by atoms with E-state index in [2.05, 4.69) is 10.1 Å². The first kappa shape index (κ1) is 17.1. The Hall–Kier alpha value is -2.29. The zero-order chi connectivity index (χ0) is 18.1. The summed E-state index contributed by atoms with van der Waals surface area (Å²) in [5, 5.41) is 7.17. The van der Waals surface area contributed by atoms with Gasteiger partial charge in [0.25, 0.3) is 0 Å². The number of nitrogens with zero attached hydrogens (tertiary/aromatic N) is 3. The van der Waals surface area contributed by atoms with Crippen LogP contribution in [0.5, 0.6) is 0 Å². The van der Waals surface area contributed by atoms with Gasteiger partial charge in [-0.25, -0.2) is 8.42 Å². The van der Waals surface area contributed by atoms with Crippen LogP contribution in [0.25, 0.3) is 16.8 Å². The molecular formula is C18H17N3O3S2. The van der Waals surface area contributed by atoms with Crippen molar-refractivity contribution < 1.29 is 12.9 Å². The van der Waals surface area contributed by atoms with Crippen LogP contribution in [0, 0.1) is 6.92 Å². The van der Waals surface area contributed by atoms with E-state index in [1.54, 1.807) is 6.08 Å². The molecule has 134 valence electrons. The molecule has 0 amide bonds. The van der Waals surface area contributed by atoms with Crippen molar-refractivity contribution in [3.8, 4) is 10.7 Å². The van der Waals surface area contributed by atoms with Crippen LogP contribution < -0.4 is 0 Å². The average Bonchev–Trinajstić information content (AvgIpc) is 3.24. The van der Waals surface area contributed by atoms with Crippen LogP contribution in [0.1, 0.15) is 22.9 Å². The summed E-state index contributed by atoms with van der Waals surface area (Å²) in [6, 6.07) is 11.5. The van der Waals surface area contributed by atoms with Crippen molar-refractivity contribution >= 4 is 27.4 Å². The van der Waals surface area contributed by atoms with Crippen molar-refractivity contribution in [3.05, 3.63) is 64.2 Å². The molecule has 0 spiro atoms. The molecule has 0 aliphatic carbocycles. The zero-order valence-corrected chi connectivity index (χ0v) is 15.7. The zero-order valence-electron chi connectivity index (χ0n) is 14.1. The average molecular weight is 387 g/mol. The second-order valence-electron chi connectivity index (χ2n) is 6.21. The maximum atomic E-state index is 12.4. The van der Waals surface area contributed by atoms with Gasteiger partial charge in [0.05, 0.1) is 10.8 Å². The third kappa shape index (κ3) is 3.48. The Bertz CT molecular complexity index is 1020. The molecule has 3 aromatic rings. The van der Waals surface area contributed by atoms with Crippen LogP contribution in [0.3, 0.4) is 0 Å². The largest absolute Gasteiger partial charge is 0.339 e. The molecule has 0 N–H and O–H groups in total. The minimum atomic E-state index is -3.44. The van der Waals surface area contributed by atoms with Crippen LogP contribution in [-0.4, -0.2) is 36.0 Å². The van der Waals surface area contributed by atoms with Crippen LogP contribution in [0.4, 0.5) is 0 Å². The smallest absolute Gasteiger partial charge is 0.236 e. The third-order valence-corrected chi connectivity index (χ3v) is 6.61. The molecule has 1 aliphatic heterocycles. The maximum Gasteiger partial charge on any atom is 0.236 e. The Morgan fingerprint density at radius 3 is 2.69 bits per heavy atom. The van der Waals surface area contributed by atoms with Crippen LogP contribution in [-0.2, 0) is 10.0 Å². The van der Waals surface area contributed by atoms with Crippen molar-refractivity contribution in [1.82, 2.24) is 14.4 Å². The Balaban J connectivity index is 1.40. The molecular weight excluding hydrogens is 370 g/mol. The fourth-order valence-electron chi connectivity index (χ4n) is 2.64. The van der Waals surface area contributed by atoms with Crippen molar-refractivity contribution in [2.24, 2.45) is 0 Å². The molecule has 0 unspecified atom stereocenters. The van der Waals surface area contributed by atoms with Gasteiger partial charge in [0.2, 0.25) is 21.7 Å². The van der Waals surface area contributed by atoms with E-state index in [1.165, 1.54) is 21.1 Å². The van der Waals surface area contributed by atoms with E-state index in [1.807, 2.05) is 48.7 Å². The summed E-state index contributed by atoms with van der Waals surface area (Å²) < 4.78 is 31.5. The molecule has 0 atom stereocenters. The molecule has 3 heterocycles. The van der Waals surface area contributed by atoms with Gasteiger partial charge in [-0.1, -0.05) is 41.1 Å². The Morgan fingerprint density at radius 2 is 2.00 bits per heavy atom. The summed E-state index contributed by atoms with van der Waals surface area (Å²) in [4.78, 5) is 5.32. The molecule has 1 fully saturated rings. The molecule has 0 saturated carbocycles. The maximum absolute atomic E-state index is 12.4. The van der Waals surface area contributed by atoms with Gasteiger partial charge >= 0.3 is 0 Å². The lowest BCUT2D eigenvalue weighted by molar-refractivity contribution is 0.219. The highest BCUT2D eigenvalue weighted by Crippen LogP contribution is 2.31. The first-order valence-electron chi connectivity index (χ1n) is 8.14. The van der Waals surface area contributed by atoms with Crippen LogP contribution in [0.15, 0.2) is 51.7 Å². The molecule has 8 heteroatoms. The normalized spacial score (nSPS) is 16.2. The van der Waals surface area contributed by atoms with Gasteiger partial charge in [-0.2, -0.15) is 9.29 Å². The first-order valence-corrected chi connectivity index (χ1v) is 10.5. The Kier molecular flexibility index (Phi) is 4.47. The molecule has 0 radical (unpaired) electrons. The number of benzene rings is 1. The predicted octanol–water partition coefficient (Wildman–Crippen LogP) is 3.51. The second-order valence-corrected chi connectivity index (χ2v) is 8.97. The van der Waals surface area contributed by atoms with E-state index in [0.717, 1.165) is 16.0 Å². The standard InChI is InChI=1S/C18H17N3O3S2/c1-13-4-6-14(7-5-13)8-10-26(22,23)21-11-15(12-21)18-19-17(20-24-18)16-3-2-9-25-16/h2-10,15H,11-12H2,1H3. The first-order chi connectivity index (χ1) is 12.5. The van der Waals surface area contributed by atoms with Crippen LogP contribution in [0.2, 0.25) is 0 Å². The predicted molar refractivity (Wildman–Crippen MR) is 101 cm³/mol. The van der Waals surface area contributed by atoms with Gasteiger partial charge in [0.1, 0.15) is 0 Å². The van der Waals surface area contributed by atoms with E-state index in [0.29, 0.717) is 24.8 Å². The monoisotopic (exact) mass is 387 g/mol. The molecule has 2 aromatic heterocycles. The molecule has 0 bridgehead atoms. The van der Waals surface area contributed by atoms with Gasteiger partial charge < -0.3 is 4.52 Å². The number of hydrogen-bond donors (Lipinski definition) is 0. The minimum absolute atomic E-state index is 0.0567. The van der Waals surface area contributed by atoms with Crippen molar-refractivity contribution in [3.63, 3.8) is 0 Å². The Labute approximate surface area is 155 Å². The number of aromatic nitrogens is 2. The highest BCUT2D eigenvalue weighted by atomic mass is 32.2. The second kappa shape index (κ2) is 6.79. The van der Waals surface area contributed by atoms with E-state index >= 15 is 0 Å². The molecule has 1 aliphatic rings. The van der Waals surface area contributed by atoms with E-state index in [9.17, 15) is 8.42 Å². The van der Waals surface area contributed by atoms with E-state index < -0.39 is 10.0 Å². The fourth-order valence-corrected chi connectivity index (χ4v) is 4.56. The number of hydrogen-bond acceptors (Lipinski definition) is 6. The lowest BCUT2D eigenvalue weighted by Gasteiger charge is -2.34. The molecule has 1 aromatic carbocycles. The summed E-state index contributed by atoms with van der Waals surface area (Å²) in [7, 11) is -3.44. The highest BCUT2D eigenvalue weighted by Gasteiger charge is 2.38. The highest BCUT2D eigenvalue weighted by molar-refractivity contribution is 7.92. The van der Waals surface area contributed by atoms with Gasteiger partial charge in [-0.05, 0) is 30.0 Å². The number of sulfonamides is 1. The minimum Gasteiger partial charge on any atom is -0.339 e. The molecule has 6 nitrogen and oxygen atoms in total. The third-order valence-electron chi connectivity index (χ3n) is 4.25. The van der Waals surface area contributed by atoms with Crippen molar-refractivity contribution in [1.29, 1.82) is 0 Å². The van der Waals surface area contributed by atoms with Gasteiger partial charge in [0, 0.05) is 18.5 Å². The van der Waals surface area contributed by atoms with Gasteiger partial charge in [-0.15, -0.1) is 11.3 Å². The summed E-state index contributed by atoms with van der Waals surface area (Å²) in [6.45, 7) is 2.70. The van der Waals surface area contributed by atoms with Crippen LogP contribution >= 0.6 is 11.3 Å². The summed E-state index contributed by atoms with van der Waals surface area (Å²) in [6.07, 6.45) is 1.61. The summed E-state index contributed by atoms with van der Waals surface area (Å²) >= 11 is 1.54.